The second-order valence-electron chi connectivity index (χ2n) is 4.87. The number of hydrogen-bond donors (Lipinski definition) is 0. The van der Waals surface area contributed by atoms with E-state index in [-0.39, 0.29) is 5.97 Å². The van der Waals surface area contributed by atoms with Gasteiger partial charge >= 0.3 is 5.97 Å². The van der Waals surface area contributed by atoms with Crippen LogP contribution in [-0.4, -0.2) is 13.1 Å². The van der Waals surface area contributed by atoms with E-state index in [1.165, 1.54) is 7.11 Å². The molecule has 0 aliphatic carbocycles. The van der Waals surface area contributed by atoms with Crippen LogP contribution in [0.5, 0.6) is 0 Å². The van der Waals surface area contributed by atoms with Crippen molar-refractivity contribution in [3.63, 3.8) is 0 Å². The zero-order valence-corrected chi connectivity index (χ0v) is 12.2. The average molecular weight is 272 g/mol. The van der Waals surface area contributed by atoms with Gasteiger partial charge in [-0.1, -0.05) is 25.5 Å². The van der Waals surface area contributed by atoms with Crippen LogP contribution in [0.4, 0.5) is 0 Å². The van der Waals surface area contributed by atoms with Crippen molar-refractivity contribution in [2.24, 2.45) is 0 Å². The summed E-state index contributed by atoms with van der Waals surface area (Å²) in [5, 5.41) is 0. The van der Waals surface area contributed by atoms with Crippen molar-refractivity contribution in [1.82, 2.24) is 0 Å². The van der Waals surface area contributed by atoms with E-state index in [0.717, 1.165) is 41.9 Å². The highest BCUT2D eigenvalue weighted by atomic mass is 16.5. The van der Waals surface area contributed by atoms with E-state index < -0.39 is 0 Å². The molecule has 2 rings (SSSR count). The summed E-state index contributed by atoms with van der Waals surface area (Å²) in [6.07, 6.45) is 3.19. The van der Waals surface area contributed by atoms with Gasteiger partial charge in [-0.2, -0.15) is 0 Å². The zero-order valence-electron chi connectivity index (χ0n) is 12.2. The molecule has 0 saturated carbocycles. The van der Waals surface area contributed by atoms with Crippen molar-refractivity contribution in [3.8, 4) is 11.1 Å². The highest BCUT2D eigenvalue weighted by molar-refractivity contribution is 5.90. The number of rotatable bonds is 5. The molecular weight excluding hydrogens is 252 g/mol. The van der Waals surface area contributed by atoms with Gasteiger partial charge in [0.1, 0.15) is 11.5 Å². The molecule has 0 N–H and O–H groups in total. The van der Waals surface area contributed by atoms with E-state index in [9.17, 15) is 4.79 Å². The van der Waals surface area contributed by atoms with Crippen molar-refractivity contribution in [1.29, 1.82) is 0 Å². The molecule has 3 nitrogen and oxygen atoms in total. The molecule has 0 amide bonds. The lowest BCUT2D eigenvalue weighted by Crippen LogP contribution is -2.00. The second kappa shape index (κ2) is 6.42. The highest BCUT2D eigenvalue weighted by Gasteiger charge is 2.12. The lowest BCUT2D eigenvalue weighted by molar-refractivity contribution is 0.0601. The molecule has 0 unspecified atom stereocenters. The van der Waals surface area contributed by atoms with Gasteiger partial charge in [-0.05, 0) is 37.1 Å². The smallest absolute Gasteiger partial charge is 0.337 e. The first-order valence-corrected chi connectivity index (χ1v) is 6.93. The van der Waals surface area contributed by atoms with Gasteiger partial charge in [0.25, 0.3) is 0 Å². The second-order valence-corrected chi connectivity index (χ2v) is 4.87. The summed E-state index contributed by atoms with van der Waals surface area (Å²) >= 11 is 0. The minimum absolute atomic E-state index is 0.314. The number of unbranched alkanes of at least 4 members (excludes halogenated alkanes) is 1. The number of ether oxygens (including phenoxy) is 1. The molecule has 1 aromatic carbocycles. The van der Waals surface area contributed by atoms with E-state index in [4.69, 9.17) is 9.15 Å². The molecule has 0 spiro atoms. The summed E-state index contributed by atoms with van der Waals surface area (Å²) in [6, 6.07) is 9.50. The van der Waals surface area contributed by atoms with Crippen LogP contribution in [0.15, 0.2) is 34.7 Å². The van der Waals surface area contributed by atoms with Gasteiger partial charge in [0.05, 0.1) is 12.7 Å². The summed E-state index contributed by atoms with van der Waals surface area (Å²) in [5.41, 5.74) is 2.75. The quantitative estimate of drug-likeness (QED) is 0.758. The number of carbonyl (C=O) groups excluding carboxylic acids is 1. The van der Waals surface area contributed by atoms with E-state index in [2.05, 4.69) is 13.0 Å². The van der Waals surface area contributed by atoms with Crippen LogP contribution in [0.3, 0.4) is 0 Å². The van der Waals surface area contributed by atoms with Crippen LogP contribution in [0.2, 0.25) is 0 Å². The Labute approximate surface area is 119 Å². The van der Waals surface area contributed by atoms with Crippen LogP contribution in [0, 0.1) is 6.92 Å². The number of esters is 1. The number of carbonyl (C=O) groups is 1. The Kier molecular flexibility index (Phi) is 4.61. The summed E-state index contributed by atoms with van der Waals surface area (Å²) in [7, 11) is 1.39. The molecule has 0 radical (unpaired) electrons. The fourth-order valence-corrected chi connectivity index (χ4v) is 2.23. The molecule has 1 aromatic heterocycles. The van der Waals surface area contributed by atoms with Crippen LogP contribution < -0.4 is 0 Å². The van der Waals surface area contributed by atoms with Gasteiger partial charge in [-0.25, -0.2) is 4.79 Å². The standard InChI is InChI=1S/C17H20O3/c1-4-5-6-16-15(11-12(2)20-16)13-7-9-14(10-8-13)17(18)19-3/h7-11H,4-6H2,1-3H3. The number of aryl methyl sites for hydroxylation is 2. The summed E-state index contributed by atoms with van der Waals surface area (Å²) < 4.78 is 10.5. The predicted molar refractivity (Wildman–Crippen MR) is 78.8 cm³/mol. The third-order valence-electron chi connectivity index (χ3n) is 3.31. The summed E-state index contributed by atoms with van der Waals surface area (Å²) in [6.45, 7) is 4.13. The molecular formula is C17H20O3. The molecule has 2 aromatic rings. The highest BCUT2D eigenvalue weighted by Crippen LogP contribution is 2.28. The topological polar surface area (TPSA) is 39.4 Å². The Morgan fingerprint density at radius 2 is 1.95 bits per heavy atom. The van der Waals surface area contributed by atoms with E-state index >= 15 is 0 Å². The maximum atomic E-state index is 11.4. The predicted octanol–water partition coefficient (Wildman–Crippen LogP) is 4.38. The monoisotopic (exact) mass is 272 g/mol. The number of benzene rings is 1. The van der Waals surface area contributed by atoms with Gasteiger partial charge in [0.2, 0.25) is 0 Å². The Hall–Kier alpha value is -2.03. The van der Waals surface area contributed by atoms with Gasteiger partial charge in [0, 0.05) is 12.0 Å². The van der Waals surface area contributed by atoms with Crippen molar-refractivity contribution in [2.75, 3.05) is 7.11 Å². The van der Waals surface area contributed by atoms with Crippen LogP contribution in [0.25, 0.3) is 11.1 Å². The first-order chi connectivity index (χ1) is 9.65. The molecule has 0 bridgehead atoms. The van der Waals surface area contributed by atoms with Gasteiger partial charge in [0.15, 0.2) is 0 Å². The molecule has 0 fully saturated rings. The van der Waals surface area contributed by atoms with Gasteiger partial charge < -0.3 is 9.15 Å². The van der Waals surface area contributed by atoms with Crippen molar-refractivity contribution in [3.05, 3.63) is 47.4 Å². The number of hydrogen-bond acceptors (Lipinski definition) is 3. The molecule has 106 valence electrons. The lowest BCUT2D eigenvalue weighted by atomic mass is 10.0. The zero-order chi connectivity index (χ0) is 14.5. The SMILES string of the molecule is CCCCc1oc(C)cc1-c1ccc(C(=O)OC)cc1. The Bertz CT molecular complexity index is 579. The van der Waals surface area contributed by atoms with Crippen molar-refractivity contribution < 1.29 is 13.9 Å². The maximum Gasteiger partial charge on any atom is 0.337 e. The van der Waals surface area contributed by atoms with Gasteiger partial charge in [-0.3, -0.25) is 0 Å². The molecule has 0 saturated heterocycles. The first-order valence-electron chi connectivity index (χ1n) is 6.93. The molecule has 0 aliphatic rings. The van der Waals surface area contributed by atoms with E-state index in [1.807, 2.05) is 19.1 Å². The molecule has 20 heavy (non-hydrogen) atoms. The molecule has 0 atom stereocenters. The number of methoxy groups -OCH3 is 1. The Morgan fingerprint density at radius 1 is 1.25 bits per heavy atom. The third kappa shape index (κ3) is 3.10. The summed E-state index contributed by atoms with van der Waals surface area (Å²) in [4.78, 5) is 11.4. The normalized spacial score (nSPS) is 10.6. The number of furan rings is 1. The molecule has 3 heteroatoms. The van der Waals surface area contributed by atoms with Crippen molar-refractivity contribution >= 4 is 5.97 Å². The summed E-state index contributed by atoms with van der Waals surface area (Å²) in [5.74, 6) is 1.63. The third-order valence-corrected chi connectivity index (χ3v) is 3.31. The van der Waals surface area contributed by atoms with E-state index in [1.54, 1.807) is 12.1 Å². The minimum Gasteiger partial charge on any atom is -0.466 e. The van der Waals surface area contributed by atoms with Crippen LogP contribution >= 0.6 is 0 Å². The van der Waals surface area contributed by atoms with Gasteiger partial charge in [-0.15, -0.1) is 0 Å². The molecule has 0 aliphatic heterocycles. The van der Waals surface area contributed by atoms with Crippen LogP contribution in [-0.2, 0) is 11.2 Å². The fourth-order valence-electron chi connectivity index (χ4n) is 2.23. The fraction of sp³-hybridized carbons (Fsp3) is 0.353. The van der Waals surface area contributed by atoms with E-state index in [0.29, 0.717) is 5.56 Å². The van der Waals surface area contributed by atoms with Crippen LogP contribution in [0.1, 0.15) is 41.6 Å². The minimum atomic E-state index is -0.314. The van der Waals surface area contributed by atoms with Crippen molar-refractivity contribution in [2.45, 2.75) is 33.1 Å². The Morgan fingerprint density at radius 3 is 2.55 bits per heavy atom. The first kappa shape index (κ1) is 14.4. The molecule has 1 heterocycles. The largest absolute Gasteiger partial charge is 0.466 e. The lowest BCUT2D eigenvalue weighted by Gasteiger charge is -2.04. The average Bonchev–Trinajstić information content (AvgIpc) is 2.85. The Balaban J connectivity index is 2.29. The maximum absolute atomic E-state index is 11.4.